The van der Waals surface area contributed by atoms with Crippen molar-refractivity contribution in [2.45, 2.75) is 59.5 Å². The van der Waals surface area contributed by atoms with Gasteiger partial charge in [-0.1, -0.05) is 19.4 Å². The number of benzene rings is 2. The Balaban J connectivity index is 0.00000240. The molecule has 0 saturated carbocycles. The molecule has 154 valence electrons. The molecule has 1 aliphatic rings. The van der Waals surface area contributed by atoms with Crippen molar-refractivity contribution in [3.8, 4) is 5.75 Å². The molecule has 0 atom stereocenters. The van der Waals surface area contributed by atoms with Crippen molar-refractivity contribution < 1.29 is 38.1 Å². The number of Topliss-reactive ketones (excluding diaryl/α,β-unsaturated/α-hetero) is 1. The van der Waals surface area contributed by atoms with Crippen LogP contribution in [0.25, 0.3) is 11.0 Å². The van der Waals surface area contributed by atoms with E-state index in [9.17, 15) is 4.79 Å². The highest BCUT2D eigenvalue weighted by Gasteiger charge is 2.20. The molecule has 4 nitrogen and oxygen atoms in total. The van der Waals surface area contributed by atoms with Crippen LogP contribution >= 0.6 is 0 Å². The predicted octanol–water partition coefficient (Wildman–Crippen LogP) is 1.29. The average molecular weight is 504 g/mol. The van der Waals surface area contributed by atoms with E-state index >= 15 is 0 Å². The van der Waals surface area contributed by atoms with Gasteiger partial charge in [-0.15, -0.1) is 0 Å². The van der Waals surface area contributed by atoms with E-state index in [2.05, 4.69) is 66.6 Å². The summed E-state index contributed by atoms with van der Waals surface area (Å²) in [5.41, 5.74) is 7.42. The third kappa shape index (κ3) is 4.65. The minimum absolute atomic E-state index is 0. The summed E-state index contributed by atoms with van der Waals surface area (Å²) in [6.07, 6.45) is 5.77. The van der Waals surface area contributed by atoms with Crippen molar-refractivity contribution >= 4 is 16.8 Å². The Labute approximate surface area is 189 Å². The summed E-state index contributed by atoms with van der Waals surface area (Å²) in [6, 6.07) is 10.9. The average Bonchev–Trinajstić information content (AvgIpc) is 3.26. The molecule has 0 bridgehead atoms. The largest absolute Gasteiger partial charge is 1.00 e. The van der Waals surface area contributed by atoms with E-state index in [1.807, 2.05) is 0 Å². The highest BCUT2D eigenvalue weighted by molar-refractivity contribution is 5.81. The summed E-state index contributed by atoms with van der Waals surface area (Å²) in [4.78, 5) is 12.4. The van der Waals surface area contributed by atoms with Gasteiger partial charge in [0.05, 0.1) is 6.61 Å². The van der Waals surface area contributed by atoms with Gasteiger partial charge in [0.25, 0.3) is 0 Å². The first-order valence-electron chi connectivity index (χ1n) is 10.3. The highest BCUT2D eigenvalue weighted by Crippen LogP contribution is 2.26. The van der Waals surface area contributed by atoms with Gasteiger partial charge in [-0.25, -0.2) is 9.13 Å². The molecule has 0 radical (unpaired) electrons. The van der Waals surface area contributed by atoms with Gasteiger partial charge in [-0.05, 0) is 66.8 Å². The first kappa shape index (κ1) is 21.8. The first-order valence-corrected chi connectivity index (χ1v) is 10.3. The number of nitrogens with zero attached hydrogens (tertiary/aromatic N) is 2. The van der Waals surface area contributed by atoms with Gasteiger partial charge in [-0.2, -0.15) is 0 Å². The molecule has 2 aromatic carbocycles. The van der Waals surface area contributed by atoms with Gasteiger partial charge < -0.3 is 28.7 Å². The van der Waals surface area contributed by atoms with E-state index in [1.165, 1.54) is 27.8 Å². The van der Waals surface area contributed by atoms with Gasteiger partial charge in [0.15, 0.2) is 16.8 Å². The number of carbonyl (C=O) groups excluding carboxylic acids is 1. The van der Waals surface area contributed by atoms with Crippen LogP contribution in [0.4, 0.5) is 0 Å². The number of ketones is 1. The molecule has 5 heteroatoms. The van der Waals surface area contributed by atoms with Gasteiger partial charge in [0, 0.05) is 12.8 Å². The Bertz CT molecular complexity index is 1040. The topological polar surface area (TPSA) is 35.1 Å². The fraction of sp³-hybridized carbons (Fsp3) is 0.417. The number of hydrogen-bond donors (Lipinski definition) is 0. The Morgan fingerprint density at radius 3 is 2.76 bits per heavy atom. The van der Waals surface area contributed by atoms with Gasteiger partial charge in [0.2, 0.25) is 6.33 Å². The minimum Gasteiger partial charge on any atom is -1.00 e. The monoisotopic (exact) mass is 504 g/mol. The molecule has 0 spiro atoms. The second kappa shape index (κ2) is 9.28. The fourth-order valence-corrected chi connectivity index (χ4v) is 3.97. The van der Waals surface area contributed by atoms with Crippen LogP contribution in [0.15, 0.2) is 36.7 Å². The predicted molar refractivity (Wildman–Crippen MR) is 111 cm³/mol. The van der Waals surface area contributed by atoms with Crippen molar-refractivity contribution in [3.05, 3.63) is 58.9 Å². The maximum Gasteiger partial charge on any atom is 0.245 e. The molecular formula is C24H29IN2O2. The zero-order valence-corrected chi connectivity index (χ0v) is 19.7. The first-order chi connectivity index (χ1) is 13.5. The Kier molecular flexibility index (Phi) is 6.98. The lowest BCUT2D eigenvalue weighted by Crippen LogP contribution is -3.00. The second-order valence-corrected chi connectivity index (χ2v) is 7.98. The van der Waals surface area contributed by atoms with E-state index in [-0.39, 0.29) is 24.0 Å². The standard InChI is InChI=1S/C24H29N2O2.HI/c1-4-5-6-21(27)15-26-16-25(22-11-17(2)18(3)12-23(22)26)14-19-7-8-24-20(13-19)9-10-28-24;/h7-8,11-13,16H,4-6,9-10,14-15H2,1-3H3;1H/q+1;/p-1. The van der Waals surface area contributed by atoms with Crippen LogP contribution < -0.4 is 33.3 Å². The summed E-state index contributed by atoms with van der Waals surface area (Å²) >= 11 is 0. The number of halogens is 1. The van der Waals surface area contributed by atoms with Crippen molar-refractivity contribution in [3.63, 3.8) is 0 Å². The van der Waals surface area contributed by atoms with Crippen LogP contribution in [0.3, 0.4) is 0 Å². The maximum absolute atomic E-state index is 12.4. The smallest absolute Gasteiger partial charge is 0.245 e. The van der Waals surface area contributed by atoms with E-state index in [1.54, 1.807) is 0 Å². The summed E-state index contributed by atoms with van der Waals surface area (Å²) in [7, 11) is 0. The van der Waals surface area contributed by atoms with Crippen LogP contribution in [0, 0.1) is 13.8 Å². The molecule has 0 unspecified atom stereocenters. The van der Waals surface area contributed by atoms with E-state index in [0.717, 1.165) is 43.7 Å². The minimum atomic E-state index is 0. The molecule has 0 amide bonds. The molecule has 29 heavy (non-hydrogen) atoms. The normalized spacial score (nSPS) is 12.5. The summed E-state index contributed by atoms with van der Waals surface area (Å²) in [5, 5.41) is 0. The van der Waals surface area contributed by atoms with Crippen LogP contribution in [-0.4, -0.2) is 17.0 Å². The van der Waals surface area contributed by atoms with Crippen molar-refractivity contribution in [1.82, 2.24) is 4.57 Å². The summed E-state index contributed by atoms with van der Waals surface area (Å²) < 4.78 is 10.0. The molecule has 3 aromatic rings. The molecule has 0 N–H and O–H groups in total. The third-order valence-corrected chi connectivity index (χ3v) is 5.75. The van der Waals surface area contributed by atoms with Crippen LogP contribution in [0.1, 0.15) is 48.4 Å². The molecule has 0 aliphatic carbocycles. The van der Waals surface area contributed by atoms with Crippen molar-refractivity contribution in [1.29, 1.82) is 0 Å². The zero-order chi connectivity index (χ0) is 19.7. The number of hydrogen-bond acceptors (Lipinski definition) is 2. The Morgan fingerprint density at radius 2 is 1.97 bits per heavy atom. The lowest BCUT2D eigenvalue weighted by atomic mass is 10.1. The number of unbranched alkanes of at least 4 members (excludes halogenated alkanes) is 1. The molecule has 0 fully saturated rings. The number of imidazole rings is 1. The quantitative estimate of drug-likeness (QED) is 0.359. The van der Waals surface area contributed by atoms with Gasteiger partial charge in [-0.3, -0.25) is 4.79 Å². The number of fused-ring (bicyclic) bond motifs is 2. The Morgan fingerprint density at radius 1 is 1.17 bits per heavy atom. The lowest BCUT2D eigenvalue weighted by Gasteiger charge is -2.03. The SMILES string of the molecule is CCCCC(=O)Cn1c[n+](Cc2ccc3c(c2)CCO3)c2cc(C)c(C)cc21.[I-]. The zero-order valence-electron chi connectivity index (χ0n) is 17.5. The highest BCUT2D eigenvalue weighted by atomic mass is 127. The molecule has 4 rings (SSSR count). The number of rotatable bonds is 7. The van der Waals surface area contributed by atoms with Crippen LogP contribution in [0.5, 0.6) is 5.75 Å². The van der Waals surface area contributed by atoms with Gasteiger partial charge >= 0.3 is 0 Å². The van der Waals surface area contributed by atoms with Crippen molar-refractivity contribution in [2.24, 2.45) is 0 Å². The molecular weight excluding hydrogens is 475 g/mol. The number of carbonyl (C=O) groups is 1. The number of aryl methyl sites for hydroxylation is 2. The summed E-state index contributed by atoms with van der Waals surface area (Å²) in [5.74, 6) is 1.32. The number of ether oxygens (including phenoxy) is 1. The molecule has 0 saturated heterocycles. The van der Waals surface area contributed by atoms with Crippen LogP contribution in [0.2, 0.25) is 0 Å². The molecule has 2 heterocycles. The summed E-state index contributed by atoms with van der Waals surface area (Å²) in [6.45, 7) is 8.43. The van der Waals surface area contributed by atoms with Gasteiger partial charge in [0.1, 0.15) is 18.8 Å². The lowest BCUT2D eigenvalue weighted by molar-refractivity contribution is -0.663. The number of aromatic nitrogens is 2. The van der Waals surface area contributed by atoms with Crippen LogP contribution in [-0.2, 0) is 24.3 Å². The molecule has 1 aliphatic heterocycles. The third-order valence-electron chi connectivity index (χ3n) is 5.75. The Hall–Kier alpha value is -1.89. The molecule has 1 aromatic heterocycles. The second-order valence-electron chi connectivity index (χ2n) is 7.98. The van der Waals surface area contributed by atoms with E-state index in [0.29, 0.717) is 18.7 Å². The fourth-order valence-electron chi connectivity index (χ4n) is 3.97. The van der Waals surface area contributed by atoms with Crippen molar-refractivity contribution in [2.75, 3.05) is 6.61 Å². The maximum atomic E-state index is 12.4. The van der Waals surface area contributed by atoms with E-state index in [4.69, 9.17) is 4.74 Å². The van der Waals surface area contributed by atoms with E-state index < -0.39 is 0 Å².